The number of ether oxygens (including phenoxy) is 2. The molecule has 1 aromatic carbocycles. The van der Waals surface area contributed by atoms with Crippen molar-refractivity contribution in [2.75, 3.05) is 50.9 Å². The van der Waals surface area contributed by atoms with Crippen LogP contribution in [-0.4, -0.2) is 92.9 Å². The van der Waals surface area contributed by atoms with Gasteiger partial charge in [0, 0.05) is 37.8 Å². The number of morpholine rings is 1. The third-order valence-corrected chi connectivity index (χ3v) is 5.64. The summed E-state index contributed by atoms with van der Waals surface area (Å²) in [4.78, 5) is 2.10. The Kier molecular flexibility index (Phi) is 12.1. The molecule has 0 spiro atoms. The number of aliphatic hydroxyl groups excluding tert-OH is 2. The zero-order valence-electron chi connectivity index (χ0n) is 21.8. The number of phenolic OH excluding ortho intramolecular Hbond substituents is 2. The largest absolute Gasteiger partial charge is 0.504 e. The standard InChI is InChI=1S/C13H24N4O3S.C11H17NO3/c1-13(2,3)14-8-10(18)9-20-12-11(15-21-16-12)17-4-6-19-7-5-17;1-7(2)12-6-11(15)8-3-4-9(13)10(14)5-8/h10,14,18H,4-9H2,1-3H3;3-5,7,11-15H,6H2,1-2H3/t10-;/m0./s1. The van der Waals surface area contributed by atoms with Gasteiger partial charge in [0.2, 0.25) is 5.82 Å². The van der Waals surface area contributed by atoms with Crippen LogP contribution in [0.15, 0.2) is 18.2 Å². The van der Waals surface area contributed by atoms with E-state index >= 15 is 0 Å². The first-order valence-corrected chi connectivity index (χ1v) is 12.8. The summed E-state index contributed by atoms with van der Waals surface area (Å²) in [5.74, 6) is 0.856. The highest BCUT2D eigenvalue weighted by Gasteiger charge is 2.21. The Morgan fingerprint density at radius 3 is 2.39 bits per heavy atom. The third kappa shape index (κ3) is 10.8. The molecular weight excluding hydrogens is 486 g/mol. The van der Waals surface area contributed by atoms with Gasteiger partial charge < -0.3 is 45.4 Å². The Balaban J connectivity index is 0.000000269. The topological polar surface area (TPSA) is 152 Å². The summed E-state index contributed by atoms with van der Waals surface area (Å²) < 4.78 is 19.4. The number of nitrogens with one attached hydrogen (secondary N) is 2. The van der Waals surface area contributed by atoms with Crippen LogP contribution in [-0.2, 0) is 4.74 Å². The van der Waals surface area contributed by atoms with Crippen LogP contribution in [0.5, 0.6) is 17.4 Å². The first-order valence-electron chi connectivity index (χ1n) is 12.1. The molecule has 2 heterocycles. The predicted octanol–water partition coefficient (Wildman–Crippen LogP) is 1.63. The van der Waals surface area contributed by atoms with E-state index in [-0.39, 0.29) is 23.6 Å². The maximum atomic E-state index is 9.95. The van der Waals surface area contributed by atoms with E-state index in [9.17, 15) is 15.3 Å². The zero-order chi connectivity index (χ0) is 26.7. The van der Waals surface area contributed by atoms with Crippen LogP contribution in [0.25, 0.3) is 0 Å². The molecule has 6 N–H and O–H groups in total. The van der Waals surface area contributed by atoms with Gasteiger partial charge in [-0.25, -0.2) is 0 Å². The van der Waals surface area contributed by atoms with Crippen LogP contribution in [0.2, 0.25) is 0 Å². The third-order valence-electron chi connectivity index (χ3n) is 5.14. The van der Waals surface area contributed by atoms with Gasteiger partial charge in [0.25, 0.3) is 5.88 Å². The number of hydrogen-bond acceptors (Lipinski definition) is 12. The Morgan fingerprint density at radius 2 is 1.78 bits per heavy atom. The normalized spacial score (nSPS) is 15.8. The first kappa shape index (κ1) is 30.0. The summed E-state index contributed by atoms with van der Waals surface area (Å²) in [6.07, 6.45) is -1.26. The molecule has 204 valence electrons. The number of benzene rings is 1. The molecule has 2 atom stereocenters. The predicted molar refractivity (Wildman–Crippen MR) is 140 cm³/mol. The van der Waals surface area contributed by atoms with Crippen molar-refractivity contribution < 1.29 is 29.9 Å². The molecular formula is C24H41N5O6S. The average Bonchev–Trinajstić information content (AvgIpc) is 3.31. The van der Waals surface area contributed by atoms with E-state index in [4.69, 9.17) is 14.6 Å². The van der Waals surface area contributed by atoms with Crippen molar-refractivity contribution in [2.45, 2.75) is 58.4 Å². The molecule has 0 amide bonds. The van der Waals surface area contributed by atoms with Crippen molar-refractivity contribution in [1.82, 2.24) is 19.4 Å². The number of aliphatic hydroxyl groups is 2. The lowest BCUT2D eigenvalue weighted by Crippen LogP contribution is -2.42. The second kappa shape index (κ2) is 14.5. The van der Waals surface area contributed by atoms with E-state index in [1.807, 2.05) is 13.8 Å². The highest BCUT2D eigenvalue weighted by molar-refractivity contribution is 6.99. The van der Waals surface area contributed by atoms with Gasteiger partial charge in [-0.2, -0.15) is 4.37 Å². The molecule has 1 aromatic heterocycles. The van der Waals surface area contributed by atoms with E-state index in [0.29, 0.717) is 43.8 Å². The number of anilines is 1. The van der Waals surface area contributed by atoms with Crippen LogP contribution < -0.4 is 20.3 Å². The lowest BCUT2D eigenvalue weighted by atomic mass is 10.1. The number of hydrogen-bond donors (Lipinski definition) is 6. The minimum absolute atomic E-state index is 0.0257. The van der Waals surface area contributed by atoms with Gasteiger partial charge in [-0.15, -0.1) is 4.37 Å². The molecule has 1 fully saturated rings. The molecule has 1 aliphatic rings. The Labute approximate surface area is 217 Å². The molecule has 2 aromatic rings. The molecule has 1 unspecified atom stereocenters. The highest BCUT2D eigenvalue weighted by Crippen LogP contribution is 2.28. The smallest absolute Gasteiger partial charge is 0.270 e. The highest BCUT2D eigenvalue weighted by atomic mass is 32.1. The monoisotopic (exact) mass is 527 g/mol. The molecule has 12 heteroatoms. The van der Waals surface area contributed by atoms with Gasteiger partial charge in [0.1, 0.15) is 12.7 Å². The number of rotatable bonds is 10. The minimum Gasteiger partial charge on any atom is -0.504 e. The lowest BCUT2D eigenvalue weighted by molar-refractivity contribution is 0.0975. The number of aromatic hydroxyl groups is 2. The molecule has 36 heavy (non-hydrogen) atoms. The van der Waals surface area contributed by atoms with Crippen LogP contribution >= 0.6 is 11.7 Å². The molecule has 11 nitrogen and oxygen atoms in total. The summed E-state index contributed by atoms with van der Waals surface area (Å²) in [7, 11) is 0. The van der Waals surface area contributed by atoms with Crippen molar-refractivity contribution in [2.24, 2.45) is 0 Å². The summed E-state index contributed by atoms with van der Waals surface area (Å²) in [6, 6.07) is 4.61. The zero-order valence-corrected chi connectivity index (χ0v) is 22.6. The van der Waals surface area contributed by atoms with Crippen molar-refractivity contribution >= 4 is 17.5 Å². The molecule has 0 bridgehead atoms. The maximum absolute atomic E-state index is 9.95. The summed E-state index contributed by atoms with van der Waals surface area (Å²) >= 11 is 1.12. The van der Waals surface area contributed by atoms with Gasteiger partial charge in [-0.05, 0) is 38.5 Å². The van der Waals surface area contributed by atoms with Crippen molar-refractivity contribution in [1.29, 1.82) is 0 Å². The van der Waals surface area contributed by atoms with Crippen LogP contribution in [0.1, 0.15) is 46.3 Å². The van der Waals surface area contributed by atoms with Crippen molar-refractivity contribution in [3.63, 3.8) is 0 Å². The fourth-order valence-electron chi connectivity index (χ4n) is 3.11. The van der Waals surface area contributed by atoms with E-state index in [0.717, 1.165) is 30.6 Å². The number of phenols is 2. The summed E-state index contributed by atoms with van der Waals surface area (Å²) in [5, 5.41) is 44.3. The Hall–Kier alpha value is -2.22. The SMILES string of the molecule is CC(C)(C)NC[C@H](O)COc1nsnc1N1CCOCC1.CC(C)NCC(O)c1ccc(O)c(O)c1. The summed E-state index contributed by atoms with van der Waals surface area (Å²) in [6.45, 7) is 14.2. The second-order valence-electron chi connectivity index (χ2n) is 9.92. The van der Waals surface area contributed by atoms with Crippen molar-refractivity contribution in [3.8, 4) is 17.4 Å². The molecule has 0 saturated carbocycles. The maximum Gasteiger partial charge on any atom is 0.270 e. The van der Waals surface area contributed by atoms with Gasteiger partial charge >= 0.3 is 0 Å². The van der Waals surface area contributed by atoms with Gasteiger partial charge in [0.15, 0.2) is 11.5 Å². The van der Waals surface area contributed by atoms with Crippen molar-refractivity contribution in [3.05, 3.63) is 23.8 Å². The van der Waals surface area contributed by atoms with Crippen LogP contribution in [0.4, 0.5) is 5.82 Å². The molecule has 1 aliphatic heterocycles. The number of nitrogens with zero attached hydrogens (tertiary/aromatic N) is 3. The van der Waals surface area contributed by atoms with E-state index in [2.05, 4.69) is 45.1 Å². The molecule has 0 radical (unpaired) electrons. The second-order valence-corrected chi connectivity index (χ2v) is 10.4. The Morgan fingerprint density at radius 1 is 1.08 bits per heavy atom. The fraction of sp³-hybridized carbons (Fsp3) is 0.667. The Bertz CT molecular complexity index is 901. The van der Waals surface area contributed by atoms with Gasteiger partial charge in [-0.3, -0.25) is 0 Å². The lowest BCUT2D eigenvalue weighted by Gasteiger charge is -2.27. The van der Waals surface area contributed by atoms with Gasteiger partial charge in [-0.1, -0.05) is 19.9 Å². The summed E-state index contributed by atoms with van der Waals surface area (Å²) in [5.41, 5.74) is 0.556. The molecule has 0 aliphatic carbocycles. The molecule has 3 rings (SSSR count). The quantitative estimate of drug-likeness (QED) is 0.250. The first-order chi connectivity index (χ1) is 17.0. The minimum atomic E-state index is -0.682. The molecule has 1 saturated heterocycles. The average molecular weight is 528 g/mol. The van der Waals surface area contributed by atoms with Gasteiger partial charge in [0.05, 0.1) is 31.0 Å². The van der Waals surface area contributed by atoms with Crippen LogP contribution in [0, 0.1) is 0 Å². The fourth-order valence-corrected chi connectivity index (χ4v) is 3.63. The van der Waals surface area contributed by atoms with E-state index < -0.39 is 12.2 Å². The van der Waals surface area contributed by atoms with Crippen LogP contribution in [0.3, 0.4) is 0 Å². The number of β-amino-alcohol motifs (C(OH)–C–C–N with tert-alkyl or cyclic N) is 1. The van der Waals surface area contributed by atoms with E-state index in [1.165, 1.54) is 12.1 Å². The van der Waals surface area contributed by atoms with E-state index in [1.54, 1.807) is 6.07 Å². The number of aromatic nitrogens is 2.